The van der Waals surface area contributed by atoms with Gasteiger partial charge in [0.05, 0.1) is 35.7 Å². The van der Waals surface area contributed by atoms with Crippen LogP contribution < -0.4 is 10.6 Å². The Morgan fingerprint density at radius 3 is 2.29 bits per heavy atom. The molecule has 15 heteroatoms. The predicted octanol–water partition coefficient (Wildman–Crippen LogP) is 4.08. The maximum Gasteiger partial charge on any atom is 0.434 e. The third-order valence-electron chi connectivity index (χ3n) is 5.60. The van der Waals surface area contributed by atoms with E-state index >= 15 is 0 Å². The molecular formula is C23H20F6N6O2S. The molecule has 1 fully saturated rings. The minimum absolute atomic E-state index is 0.0556. The fraction of sp³-hybridized carbons (Fsp3) is 0.348. The van der Waals surface area contributed by atoms with Gasteiger partial charge in [-0.3, -0.25) is 19.5 Å². The molecule has 1 aliphatic heterocycles. The molecule has 8 nitrogen and oxygen atoms in total. The van der Waals surface area contributed by atoms with Crippen molar-refractivity contribution in [2.75, 3.05) is 25.0 Å². The zero-order chi connectivity index (χ0) is 27.7. The molecule has 3 aromatic rings. The molecule has 0 unspecified atom stereocenters. The standard InChI is InChI=1S/C23H20F6N6O2S/c1-12-19(17(38-34-12)6-15-7-31-18(8-30-15)23(27,28)29)21(37)32-14-4-2-13(3-5-14)20(36)33-16-9-35(10-16)11-22(24,25)26/h2-5,7-8,16H,6,9-11H2,1H3,(H,32,37)(H,33,36). The van der Waals surface area contributed by atoms with Crippen LogP contribution in [0.25, 0.3) is 0 Å². The molecule has 1 aliphatic rings. The molecule has 0 saturated carbocycles. The average molecular weight is 559 g/mol. The minimum Gasteiger partial charge on any atom is -0.347 e. The van der Waals surface area contributed by atoms with Gasteiger partial charge in [0.1, 0.15) is 0 Å². The predicted molar refractivity (Wildman–Crippen MR) is 125 cm³/mol. The summed E-state index contributed by atoms with van der Waals surface area (Å²) in [5.41, 5.74) is 0.446. The van der Waals surface area contributed by atoms with Gasteiger partial charge in [0.25, 0.3) is 11.8 Å². The highest BCUT2D eigenvalue weighted by molar-refractivity contribution is 7.06. The first kappa shape index (κ1) is 27.4. The first-order valence-corrected chi connectivity index (χ1v) is 11.9. The zero-order valence-corrected chi connectivity index (χ0v) is 20.5. The second-order valence-corrected chi connectivity index (χ2v) is 9.50. The molecule has 3 heterocycles. The summed E-state index contributed by atoms with van der Waals surface area (Å²) in [5, 5.41) is 5.36. The third kappa shape index (κ3) is 6.83. The molecule has 0 atom stereocenters. The number of aromatic nitrogens is 3. The van der Waals surface area contributed by atoms with Crippen molar-refractivity contribution in [3.63, 3.8) is 0 Å². The number of carbonyl (C=O) groups is 2. The van der Waals surface area contributed by atoms with Gasteiger partial charge in [0.15, 0.2) is 5.69 Å². The first-order chi connectivity index (χ1) is 17.8. The van der Waals surface area contributed by atoms with Crippen LogP contribution in [0, 0.1) is 6.92 Å². The third-order valence-corrected chi connectivity index (χ3v) is 6.53. The minimum atomic E-state index is -4.61. The van der Waals surface area contributed by atoms with Crippen LogP contribution in [0.3, 0.4) is 0 Å². The number of hydrogen-bond donors (Lipinski definition) is 2. The normalized spacial score (nSPS) is 14.7. The fourth-order valence-electron chi connectivity index (χ4n) is 3.80. The van der Waals surface area contributed by atoms with Crippen LogP contribution in [0.4, 0.5) is 32.0 Å². The number of aryl methyl sites for hydroxylation is 1. The largest absolute Gasteiger partial charge is 0.434 e. The van der Waals surface area contributed by atoms with Gasteiger partial charge in [-0.05, 0) is 42.7 Å². The second-order valence-electron chi connectivity index (χ2n) is 8.64. The molecule has 1 saturated heterocycles. The summed E-state index contributed by atoms with van der Waals surface area (Å²) in [4.78, 5) is 34.2. The molecule has 2 aromatic heterocycles. The Kier molecular flexibility index (Phi) is 7.69. The summed E-state index contributed by atoms with van der Waals surface area (Å²) >= 11 is 1.02. The number of amides is 2. The highest BCUT2D eigenvalue weighted by atomic mass is 32.1. The van der Waals surface area contributed by atoms with E-state index in [4.69, 9.17) is 0 Å². The summed E-state index contributed by atoms with van der Waals surface area (Å²) < 4.78 is 79.5. The maximum atomic E-state index is 12.9. The molecular weight excluding hydrogens is 538 g/mol. The Morgan fingerprint density at radius 2 is 1.71 bits per heavy atom. The lowest BCUT2D eigenvalue weighted by atomic mass is 10.1. The molecule has 0 spiro atoms. The topological polar surface area (TPSA) is 100 Å². The van der Waals surface area contributed by atoms with Crippen LogP contribution >= 0.6 is 11.5 Å². The molecule has 2 amide bonds. The number of carbonyl (C=O) groups excluding carboxylic acids is 2. The van der Waals surface area contributed by atoms with Crippen LogP contribution in [0.1, 0.15) is 42.7 Å². The van der Waals surface area contributed by atoms with Crippen molar-refractivity contribution in [3.05, 3.63) is 69.7 Å². The van der Waals surface area contributed by atoms with Crippen LogP contribution in [-0.2, 0) is 12.6 Å². The summed E-state index contributed by atoms with van der Waals surface area (Å²) in [6.45, 7) is 0.811. The van der Waals surface area contributed by atoms with Crippen molar-refractivity contribution in [3.8, 4) is 0 Å². The summed E-state index contributed by atoms with van der Waals surface area (Å²) in [6, 6.07) is 5.55. The van der Waals surface area contributed by atoms with Crippen molar-refractivity contribution >= 4 is 29.0 Å². The summed E-state index contributed by atoms with van der Waals surface area (Å²) in [5.74, 6) is -0.945. The van der Waals surface area contributed by atoms with Crippen molar-refractivity contribution in [2.45, 2.75) is 31.7 Å². The van der Waals surface area contributed by atoms with Gasteiger partial charge < -0.3 is 10.6 Å². The Labute approximate surface area is 216 Å². The smallest absolute Gasteiger partial charge is 0.347 e. The molecule has 2 N–H and O–H groups in total. The number of likely N-dealkylation sites (tertiary alicyclic amines) is 1. The highest BCUT2D eigenvalue weighted by Crippen LogP contribution is 2.28. The van der Waals surface area contributed by atoms with E-state index in [1.54, 1.807) is 6.92 Å². The fourth-order valence-corrected chi connectivity index (χ4v) is 4.68. The Morgan fingerprint density at radius 1 is 1.03 bits per heavy atom. The number of alkyl halides is 6. The molecule has 0 aliphatic carbocycles. The van der Waals surface area contributed by atoms with Crippen molar-refractivity contribution < 1.29 is 35.9 Å². The van der Waals surface area contributed by atoms with Gasteiger partial charge in [-0.15, -0.1) is 0 Å². The molecule has 1 aromatic carbocycles. The van der Waals surface area contributed by atoms with Crippen molar-refractivity contribution in [2.24, 2.45) is 0 Å². The van der Waals surface area contributed by atoms with Gasteiger partial charge in [-0.25, -0.2) is 4.98 Å². The van der Waals surface area contributed by atoms with E-state index < -0.39 is 36.4 Å². The van der Waals surface area contributed by atoms with Crippen LogP contribution in [-0.4, -0.2) is 62.9 Å². The van der Waals surface area contributed by atoms with E-state index in [9.17, 15) is 35.9 Å². The van der Waals surface area contributed by atoms with Gasteiger partial charge in [-0.1, -0.05) is 0 Å². The molecule has 4 rings (SSSR count). The van der Waals surface area contributed by atoms with Gasteiger partial charge in [-0.2, -0.15) is 30.7 Å². The Bertz CT molecular complexity index is 1300. The second kappa shape index (κ2) is 10.6. The van der Waals surface area contributed by atoms with E-state index in [1.807, 2.05) is 0 Å². The lowest BCUT2D eigenvalue weighted by molar-refractivity contribution is -0.155. The van der Waals surface area contributed by atoms with E-state index in [2.05, 4.69) is 25.0 Å². The number of hydrogen-bond acceptors (Lipinski definition) is 7. The number of halogens is 6. The lowest BCUT2D eigenvalue weighted by Gasteiger charge is -2.39. The molecule has 202 valence electrons. The summed E-state index contributed by atoms with van der Waals surface area (Å²) in [6.07, 6.45) is -7.21. The van der Waals surface area contributed by atoms with Crippen LogP contribution in [0.5, 0.6) is 0 Å². The molecule has 0 bridgehead atoms. The maximum absolute atomic E-state index is 12.9. The van der Waals surface area contributed by atoms with E-state index in [1.165, 1.54) is 29.2 Å². The first-order valence-electron chi connectivity index (χ1n) is 11.1. The zero-order valence-electron chi connectivity index (χ0n) is 19.7. The Balaban J connectivity index is 1.34. The molecule has 0 radical (unpaired) electrons. The van der Waals surface area contributed by atoms with Gasteiger partial charge in [0.2, 0.25) is 0 Å². The monoisotopic (exact) mass is 558 g/mol. The van der Waals surface area contributed by atoms with Crippen LogP contribution in [0.15, 0.2) is 36.7 Å². The van der Waals surface area contributed by atoms with E-state index in [0.717, 1.165) is 17.7 Å². The lowest BCUT2D eigenvalue weighted by Crippen LogP contribution is -2.60. The number of rotatable bonds is 7. The SMILES string of the molecule is Cc1nsc(Cc2cnc(C(F)(F)F)cn2)c1C(=O)Nc1ccc(C(=O)NC2CN(CC(F)(F)F)C2)cc1. The van der Waals surface area contributed by atoms with E-state index in [-0.39, 0.29) is 42.4 Å². The Hall–Kier alpha value is -3.59. The van der Waals surface area contributed by atoms with Crippen LogP contribution in [0.2, 0.25) is 0 Å². The highest BCUT2D eigenvalue weighted by Gasteiger charge is 2.37. The van der Waals surface area contributed by atoms with Gasteiger partial charge >= 0.3 is 12.4 Å². The number of nitrogens with one attached hydrogen (secondary N) is 2. The van der Waals surface area contributed by atoms with E-state index in [0.29, 0.717) is 22.5 Å². The van der Waals surface area contributed by atoms with Crippen molar-refractivity contribution in [1.29, 1.82) is 0 Å². The average Bonchev–Trinajstić information content (AvgIpc) is 3.16. The number of anilines is 1. The number of benzene rings is 1. The van der Waals surface area contributed by atoms with Gasteiger partial charge in [0, 0.05) is 41.8 Å². The quantitative estimate of drug-likeness (QED) is 0.424. The molecule has 38 heavy (non-hydrogen) atoms. The van der Waals surface area contributed by atoms with Crippen molar-refractivity contribution in [1.82, 2.24) is 24.6 Å². The number of nitrogens with zero attached hydrogens (tertiary/aromatic N) is 4. The summed E-state index contributed by atoms with van der Waals surface area (Å²) in [7, 11) is 0.